The second kappa shape index (κ2) is 10.9. The van der Waals surface area contributed by atoms with Gasteiger partial charge in [-0.15, -0.1) is 0 Å². The smallest absolute Gasteiger partial charge is 0.136 e. The Morgan fingerprint density at radius 1 is 0.426 bits per heavy atom. The van der Waals surface area contributed by atoms with Crippen LogP contribution in [-0.2, 0) is 0 Å². The molecule has 2 heterocycles. The highest BCUT2D eigenvalue weighted by atomic mass is 19.1. The number of nitrogens with zero attached hydrogens (tertiary/aromatic N) is 1. The Kier molecular flexibility index (Phi) is 6.28. The standard InChI is InChI=1S/C42H26FNO3/c43-28-15-19-30(20-16-28)44(31-21-23-33(24-22-31)45-32-7-2-1-3-8-32)29-17-13-27(14-18-29)34-10-6-12-37-40(34)42-39(47-37)26-25-38-41(42)35-9-4-5-11-36(35)46-38/h1-26H. The van der Waals surface area contributed by atoms with Crippen molar-refractivity contribution in [2.75, 3.05) is 4.90 Å². The van der Waals surface area contributed by atoms with Crippen molar-refractivity contribution in [3.05, 3.63) is 164 Å². The number of benzene rings is 7. The molecule has 0 unspecified atom stereocenters. The molecule has 9 rings (SSSR count). The minimum absolute atomic E-state index is 0.282. The summed E-state index contributed by atoms with van der Waals surface area (Å²) in [5.41, 5.74) is 8.15. The Morgan fingerprint density at radius 2 is 0.979 bits per heavy atom. The van der Waals surface area contributed by atoms with Crippen LogP contribution in [0.15, 0.2) is 167 Å². The molecule has 7 aromatic carbocycles. The van der Waals surface area contributed by atoms with E-state index in [-0.39, 0.29) is 5.82 Å². The third kappa shape index (κ3) is 4.68. The van der Waals surface area contributed by atoms with Crippen LogP contribution in [0.3, 0.4) is 0 Å². The van der Waals surface area contributed by atoms with Crippen LogP contribution in [0.25, 0.3) is 55.0 Å². The highest BCUT2D eigenvalue weighted by Crippen LogP contribution is 2.44. The molecule has 0 fully saturated rings. The third-order valence-electron chi connectivity index (χ3n) is 8.60. The van der Waals surface area contributed by atoms with Gasteiger partial charge in [-0.1, -0.05) is 60.7 Å². The van der Waals surface area contributed by atoms with Crippen molar-refractivity contribution >= 4 is 60.9 Å². The van der Waals surface area contributed by atoms with E-state index in [1.807, 2.05) is 97.1 Å². The summed E-state index contributed by atoms with van der Waals surface area (Å²) in [6.07, 6.45) is 0. The Labute approximate surface area is 269 Å². The molecule has 0 amide bonds. The molecule has 0 saturated heterocycles. The highest BCUT2D eigenvalue weighted by molar-refractivity contribution is 6.28. The predicted molar refractivity (Wildman–Crippen MR) is 188 cm³/mol. The first-order valence-corrected chi connectivity index (χ1v) is 15.4. The number of hydrogen-bond donors (Lipinski definition) is 0. The number of ether oxygens (including phenoxy) is 1. The summed E-state index contributed by atoms with van der Waals surface area (Å²) in [6.45, 7) is 0. The van der Waals surface area contributed by atoms with Crippen molar-refractivity contribution in [2.24, 2.45) is 0 Å². The zero-order chi connectivity index (χ0) is 31.3. The minimum Gasteiger partial charge on any atom is -0.457 e. The number of fused-ring (bicyclic) bond motifs is 7. The van der Waals surface area contributed by atoms with E-state index >= 15 is 0 Å². The fourth-order valence-corrected chi connectivity index (χ4v) is 6.48. The Balaban J connectivity index is 1.14. The summed E-state index contributed by atoms with van der Waals surface area (Å²) < 4.78 is 32.6. The van der Waals surface area contributed by atoms with Gasteiger partial charge >= 0.3 is 0 Å². The van der Waals surface area contributed by atoms with Crippen molar-refractivity contribution in [1.82, 2.24) is 0 Å². The number of hydrogen-bond acceptors (Lipinski definition) is 4. The van der Waals surface area contributed by atoms with E-state index in [9.17, 15) is 4.39 Å². The van der Waals surface area contributed by atoms with Gasteiger partial charge in [0.1, 0.15) is 39.6 Å². The average Bonchev–Trinajstić information content (AvgIpc) is 3.69. The lowest BCUT2D eigenvalue weighted by Gasteiger charge is -2.26. The molecule has 4 nitrogen and oxygen atoms in total. The lowest BCUT2D eigenvalue weighted by Crippen LogP contribution is -2.09. The van der Waals surface area contributed by atoms with Gasteiger partial charge in [0, 0.05) is 38.6 Å². The maximum absolute atomic E-state index is 14.0. The van der Waals surface area contributed by atoms with E-state index in [0.717, 1.165) is 83.6 Å². The second-order valence-electron chi connectivity index (χ2n) is 11.5. The molecule has 0 N–H and O–H groups in total. The molecule has 0 atom stereocenters. The van der Waals surface area contributed by atoms with E-state index in [0.29, 0.717) is 0 Å². The van der Waals surface area contributed by atoms with Crippen molar-refractivity contribution in [3.8, 4) is 22.6 Å². The fraction of sp³-hybridized carbons (Fsp3) is 0. The molecule has 2 aromatic heterocycles. The summed E-state index contributed by atoms with van der Waals surface area (Å²) >= 11 is 0. The van der Waals surface area contributed by atoms with Gasteiger partial charge in [-0.2, -0.15) is 0 Å². The molecule has 224 valence electrons. The van der Waals surface area contributed by atoms with E-state index < -0.39 is 0 Å². The van der Waals surface area contributed by atoms with Crippen LogP contribution < -0.4 is 9.64 Å². The zero-order valence-corrected chi connectivity index (χ0v) is 25.1. The summed E-state index contributed by atoms with van der Waals surface area (Å²) in [6, 6.07) is 50.9. The van der Waals surface area contributed by atoms with Gasteiger partial charge in [0.25, 0.3) is 0 Å². The number of para-hydroxylation sites is 2. The molecule has 0 aliphatic heterocycles. The molecule has 9 aromatic rings. The van der Waals surface area contributed by atoms with Crippen LogP contribution in [0.5, 0.6) is 11.5 Å². The Bertz CT molecular complexity index is 2530. The van der Waals surface area contributed by atoms with Crippen LogP contribution in [0.4, 0.5) is 21.5 Å². The fourth-order valence-electron chi connectivity index (χ4n) is 6.48. The maximum atomic E-state index is 14.0. The van der Waals surface area contributed by atoms with Crippen molar-refractivity contribution in [1.29, 1.82) is 0 Å². The summed E-state index contributed by atoms with van der Waals surface area (Å²) in [7, 11) is 0. The van der Waals surface area contributed by atoms with E-state index in [2.05, 4.69) is 41.3 Å². The SMILES string of the molecule is Fc1ccc(N(c2ccc(Oc3ccccc3)cc2)c2ccc(-c3cccc4oc5ccc6oc7ccccc7c6c5c34)cc2)cc1. The van der Waals surface area contributed by atoms with Crippen LogP contribution in [-0.4, -0.2) is 0 Å². The van der Waals surface area contributed by atoms with Crippen molar-refractivity contribution < 1.29 is 18.0 Å². The quantitative estimate of drug-likeness (QED) is 0.187. The van der Waals surface area contributed by atoms with Gasteiger partial charge in [-0.05, 0) is 108 Å². The third-order valence-corrected chi connectivity index (χ3v) is 8.60. The van der Waals surface area contributed by atoms with Gasteiger partial charge in [-0.3, -0.25) is 0 Å². The van der Waals surface area contributed by atoms with Crippen LogP contribution >= 0.6 is 0 Å². The van der Waals surface area contributed by atoms with E-state index in [4.69, 9.17) is 13.6 Å². The molecule has 0 bridgehead atoms. The maximum Gasteiger partial charge on any atom is 0.136 e. The van der Waals surface area contributed by atoms with Gasteiger partial charge in [0.15, 0.2) is 0 Å². The molecular formula is C42H26FNO3. The second-order valence-corrected chi connectivity index (χ2v) is 11.5. The lowest BCUT2D eigenvalue weighted by molar-refractivity contribution is 0.483. The molecule has 0 saturated carbocycles. The normalized spacial score (nSPS) is 11.5. The Morgan fingerprint density at radius 3 is 1.72 bits per heavy atom. The molecule has 0 radical (unpaired) electrons. The van der Waals surface area contributed by atoms with E-state index in [1.165, 1.54) is 12.1 Å². The number of furan rings is 2. The van der Waals surface area contributed by atoms with Crippen LogP contribution in [0.1, 0.15) is 0 Å². The monoisotopic (exact) mass is 611 g/mol. The molecule has 5 heteroatoms. The van der Waals surface area contributed by atoms with Crippen LogP contribution in [0, 0.1) is 5.82 Å². The molecule has 0 aliphatic rings. The van der Waals surface area contributed by atoms with Gasteiger partial charge < -0.3 is 18.5 Å². The lowest BCUT2D eigenvalue weighted by atomic mass is 9.97. The number of halogens is 1. The summed E-state index contributed by atoms with van der Waals surface area (Å²) in [4.78, 5) is 2.10. The van der Waals surface area contributed by atoms with Gasteiger partial charge in [-0.25, -0.2) is 4.39 Å². The molecule has 0 aliphatic carbocycles. The predicted octanol–water partition coefficient (Wildman–Crippen LogP) is 12.6. The first kappa shape index (κ1) is 27.0. The molecule has 47 heavy (non-hydrogen) atoms. The van der Waals surface area contributed by atoms with Gasteiger partial charge in [0.2, 0.25) is 0 Å². The largest absolute Gasteiger partial charge is 0.457 e. The topological polar surface area (TPSA) is 38.8 Å². The number of anilines is 3. The number of rotatable bonds is 6. The average molecular weight is 612 g/mol. The highest BCUT2D eigenvalue weighted by Gasteiger charge is 2.19. The van der Waals surface area contributed by atoms with Gasteiger partial charge in [0.05, 0.1) is 0 Å². The summed E-state index contributed by atoms with van der Waals surface area (Å²) in [5.74, 6) is 1.22. The molecular weight excluding hydrogens is 585 g/mol. The summed E-state index contributed by atoms with van der Waals surface area (Å²) in [5, 5.41) is 4.23. The van der Waals surface area contributed by atoms with Crippen LogP contribution in [0.2, 0.25) is 0 Å². The zero-order valence-electron chi connectivity index (χ0n) is 25.1. The first-order valence-electron chi connectivity index (χ1n) is 15.4. The van der Waals surface area contributed by atoms with Crippen molar-refractivity contribution in [2.45, 2.75) is 0 Å². The van der Waals surface area contributed by atoms with E-state index in [1.54, 1.807) is 12.1 Å². The first-order chi connectivity index (χ1) is 23.2. The Hall–Kier alpha value is -6.33. The minimum atomic E-state index is -0.282. The van der Waals surface area contributed by atoms with Crippen molar-refractivity contribution in [3.63, 3.8) is 0 Å². The molecule has 0 spiro atoms.